The molecule has 0 amide bonds. The van der Waals surface area contributed by atoms with Crippen molar-refractivity contribution in [3.63, 3.8) is 0 Å². The minimum Gasteiger partial charge on any atom is -0.395 e. The molecule has 1 fully saturated rings. The van der Waals surface area contributed by atoms with Gasteiger partial charge in [0.1, 0.15) is 0 Å². The normalized spacial score (nSPS) is 24.8. The van der Waals surface area contributed by atoms with Crippen LogP contribution in [0.5, 0.6) is 0 Å². The van der Waals surface area contributed by atoms with Crippen molar-refractivity contribution in [1.82, 2.24) is 5.32 Å². The van der Waals surface area contributed by atoms with Crippen molar-refractivity contribution in [3.8, 4) is 0 Å². The standard InChI is InChI=1S/C8H17NO2S/c10-4-8(5-11)9-7-2-1-3-12-6-7/h7-11H,1-6H2. The molecule has 1 rings (SSSR count). The molecule has 1 aliphatic rings. The van der Waals surface area contributed by atoms with E-state index < -0.39 is 0 Å². The van der Waals surface area contributed by atoms with Crippen LogP contribution in [0.4, 0.5) is 0 Å². The predicted octanol–water partition coefficient (Wildman–Crippen LogP) is -0.175. The number of nitrogens with one attached hydrogen (secondary N) is 1. The molecule has 0 spiro atoms. The Morgan fingerprint density at radius 2 is 2.17 bits per heavy atom. The van der Waals surface area contributed by atoms with Crippen molar-refractivity contribution in [2.45, 2.75) is 24.9 Å². The first kappa shape index (κ1) is 10.3. The van der Waals surface area contributed by atoms with Gasteiger partial charge in [0.15, 0.2) is 0 Å². The van der Waals surface area contributed by atoms with Gasteiger partial charge in [0.25, 0.3) is 0 Å². The van der Waals surface area contributed by atoms with E-state index in [1.165, 1.54) is 18.6 Å². The summed E-state index contributed by atoms with van der Waals surface area (Å²) in [6.07, 6.45) is 2.41. The monoisotopic (exact) mass is 191 g/mol. The van der Waals surface area contributed by atoms with Crippen LogP contribution in [0.25, 0.3) is 0 Å². The van der Waals surface area contributed by atoms with Gasteiger partial charge >= 0.3 is 0 Å². The number of hydrogen-bond donors (Lipinski definition) is 3. The van der Waals surface area contributed by atoms with Gasteiger partial charge in [-0.2, -0.15) is 11.8 Å². The highest BCUT2D eigenvalue weighted by atomic mass is 32.2. The van der Waals surface area contributed by atoms with Crippen molar-refractivity contribution >= 4 is 11.8 Å². The van der Waals surface area contributed by atoms with E-state index in [0.29, 0.717) is 6.04 Å². The Kier molecular flexibility index (Phi) is 4.99. The third kappa shape index (κ3) is 3.31. The fraction of sp³-hybridized carbons (Fsp3) is 1.00. The van der Waals surface area contributed by atoms with Crippen molar-refractivity contribution in [2.24, 2.45) is 0 Å². The molecule has 1 atom stereocenters. The second-order valence-electron chi connectivity index (χ2n) is 3.14. The van der Waals surface area contributed by atoms with E-state index in [0.717, 1.165) is 5.75 Å². The SMILES string of the molecule is OCC(CO)NC1CCCSC1. The van der Waals surface area contributed by atoms with Gasteiger partial charge in [-0.1, -0.05) is 0 Å². The maximum atomic E-state index is 8.83. The van der Waals surface area contributed by atoms with E-state index in [-0.39, 0.29) is 19.3 Å². The lowest BCUT2D eigenvalue weighted by Crippen LogP contribution is -2.45. The molecular formula is C8H17NO2S. The average Bonchev–Trinajstić information content (AvgIpc) is 2.16. The predicted molar refractivity (Wildman–Crippen MR) is 51.4 cm³/mol. The summed E-state index contributed by atoms with van der Waals surface area (Å²) in [6.45, 7) is 0.0509. The van der Waals surface area contributed by atoms with Crippen molar-refractivity contribution < 1.29 is 10.2 Å². The van der Waals surface area contributed by atoms with Crippen LogP contribution >= 0.6 is 11.8 Å². The molecule has 72 valence electrons. The summed E-state index contributed by atoms with van der Waals surface area (Å²) in [7, 11) is 0. The Bertz CT molecular complexity index is 114. The molecule has 0 saturated carbocycles. The molecule has 1 saturated heterocycles. The fourth-order valence-corrected chi connectivity index (χ4v) is 2.45. The second kappa shape index (κ2) is 5.80. The zero-order valence-corrected chi connectivity index (χ0v) is 8.02. The average molecular weight is 191 g/mol. The van der Waals surface area contributed by atoms with Crippen LogP contribution in [-0.2, 0) is 0 Å². The summed E-state index contributed by atoms with van der Waals surface area (Å²) in [6, 6.07) is 0.349. The lowest BCUT2D eigenvalue weighted by Gasteiger charge is -2.26. The molecule has 0 aromatic carbocycles. The summed E-state index contributed by atoms with van der Waals surface area (Å²) >= 11 is 1.94. The number of aliphatic hydroxyl groups excluding tert-OH is 2. The van der Waals surface area contributed by atoms with Gasteiger partial charge in [0.2, 0.25) is 0 Å². The van der Waals surface area contributed by atoms with E-state index in [1.807, 2.05) is 11.8 Å². The smallest absolute Gasteiger partial charge is 0.0607 e. The van der Waals surface area contributed by atoms with Crippen molar-refractivity contribution in [1.29, 1.82) is 0 Å². The Hall–Kier alpha value is 0.230. The molecule has 1 unspecified atom stereocenters. The molecule has 3 nitrogen and oxygen atoms in total. The highest BCUT2D eigenvalue weighted by molar-refractivity contribution is 7.99. The van der Waals surface area contributed by atoms with Gasteiger partial charge < -0.3 is 15.5 Å². The van der Waals surface area contributed by atoms with Crippen LogP contribution in [0.3, 0.4) is 0 Å². The minimum atomic E-state index is -0.131. The van der Waals surface area contributed by atoms with Crippen LogP contribution < -0.4 is 5.32 Å². The van der Waals surface area contributed by atoms with Gasteiger partial charge in [-0.15, -0.1) is 0 Å². The molecular weight excluding hydrogens is 174 g/mol. The summed E-state index contributed by atoms with van der Waals surface area (Å²) in [5.41, 5.74) is 0. The highest BCUT2D eigenvalue weighted by Gasteiger charge is 2.16. The van der Waals surface area contributed by atoms with Gasteiger partial charge in [-0.3, -0.25) is 0 Å². The molecule has 1 heterocycles. The summed E-state index contributed by atoms with van der Waals surface area (Å²) in [4.78, 5) is 0. The fourth-order valence-electron chi connectivity index (χ4n) is 1.37. The number of hydrogen-bond acceptors (Lipinski definition) is 4. The van der Waals surface area contributed by atoms with Crippen molar-refractivity contribution in [2.75, 3.05) is 24.7 Å². The van der Waals surface area contributed by atoms with Gasteiger partial charge in [-0.05, 0) is 18.6 Å². The molecule has 0 aromatic rings. The first-order chi connectivity index (χ1) is 5.86. The van der Waals surface area contributed by atoms with Gasteiger partial charge in [-0.25, -0.2) is 0 Å². The molecule has 4 heteroatoms. The summed E-state index contributed by atoms with van der Waals surface area (Å²) in [5.74, 6) is 2.36. The minimum absolute atomic E-state index is 0.0255. The van der Waals surface area contributed by atoms with E-state index in [4.69, 9.17) is 10.2 Å². The van der Waals surface area contributed by atoms with Crippen LogP contribution in [-0.4, -0.2) is 47.0 Å². The maximum Gasteiger partial charge on any atom is 0.0607 e. The molecule has 1 aliphatic heterocycles. The maximum absolute atomic E-state index is 8.83. The number of aliphatic hydroxyl groups is 2. The first-order valence-corrected chi connectivity index (χ1v) is 5.57. The zero-order valence-electron chi connectivity index (χ0n) is 7.20. The Morgan fingerprint density at radius 1 is 1.42 bits per heavy atom. The molecule has 0 bridgehead atoms. The number of thioether (sulfide) groups is 1. The third-order valence-corrected chi connectivity index (χ3v) is 3.29. The van der Waals surface area contributed by atoms with E-state index in [2.05, 4.69) is 5.32 Å². The van der Waals surface area contributed by atoms with E-state index in [9.17, 15) is 0 Å². The highest BCUT2D eigenvalue weighted by Crippen LogP contribution is 2.17. The van der Waals surface area contributed by atoms with Gasteiger partial charge in [0, 0.05) is 11.8 Å². The van der Waals surface area contributed by atoms with Crippen LogP contribution in [0.15, 0.2) is 0 Å². The first-order valence-electron chi connectivity index (χ1n) is 4.42. The van der Waals surface area contributed by atoms with Crippen LogP contribution in [0.1, 0.15) is 12.8 Å². The number of rotatable bonds is 4. The third-order valence-electron chi connectivity index (χ3n) is 2.07. The molecule has 0 aromatic heterocycles. The lowest BCUT2D eigenvalue weighted by atomic mass is 10.1. The zero-order chi connectivity index (χ0) is 8.81. The van der Waals surface area contributed by atoms with E-state index in [1.54, 1.807) is 0 Å². The topological polar surface area (TPSA) is 52.5 Å². The lowest BCUT2D eigenvalue weighted by molar-refractivity contribution is 0.162. The molecule has 3 N–H and O–H groups in total. The van der Waals surface area contributed by atoms with E-state index >= 15 is 0 Å². The second-order valence-corrected chi connectivity index (χ2v) is 4.29. The van der Waals surface area contributed by atoms with Crippen LogP contribution in [0.2, 0.25) is 0 Å². The molecule has 0 aliphatic carbocycles. The van der Waals surface area contributed by atoms with Gasteiger partial charge in [0.05, 0.1) is 19.3 Å². The quantitative estimate of drug-likeness (QED) is 0.577. The Morgan fingerprint density at radius 3 is 2.67 bits per heavy atom. The van der Waals surface area contributed by atoms with Crippen LogP contribution in [0, 0.1) is 0 Å². The molecule has 0 radical (unpaired) electrons. The summed E-state index contributed by atoms with van der Waals surface area (Å²) < 4.78 is 0. The Labute approximate surface area is 77.5 Å². The largest absolute Gasteiger partial charge is 0.395 e. The van der Waals surface area contributed by atoms with Crippen molar-refractivity contribution in [3.05, 3.63) is 0 Å². The Balaban J connectivity index is 2.18. The summed E-state index contributed by atoms with van der Waals surface area (Å²) in [5, 5.41) is 20.9. The molecule has 12 heavy (non-hydrogen) atoms.